The van der Waals surface area contributed by atoms with Gasteiger partial charge in [-0.25, -0.2) is 0 Å². The van der Waals surface area contributed by atoms with Gasteiger partial charge in [0.1, 0.15) is 11.5 Å². The second-order valence-electron chi connectivity index (χ2n) is 5.67. The number of phenolic OH excluding ortho intramolecular Hbond substituents is 1. The molecule has 0 bridgehead atoms. The molecular formula is C16H24O2. The van der Waals surface area contributed by atoms with Gasteiger partial charge in [-0.05, 0) is 37.8 Å². The number of hydrogen-bond acceptors (Lipinski definition) is 2. The van der Waals surface area contributed by atoms with Crippen LogP contribution in [0.3, 0.4) is 0 Å². The van der Waals surface area contributed by atoms with Crippen molar-refractivity contribution in [1.82, 2.24) is 0 Å². The molecule has 1 aliphatic carbocycles. The highest BCUT2D eigenvalue weighted by Gasteiger charge is 2.16. The number of hydrogen-bond donors (Lipinski definition) is 1. The molecule has 0 spiro atoms. The van der Waals surface area contributed by atoms with Crippen LogP contribution in [0.4, 0.5) is 0 Å². The molecule has 0 aliphatic heterocycles. The molecule has 1 aromatic carbocycles. The van der Waals surface area contributed by atoms with E-state index in [1.807, 2.05) is 19.9 Å². The standard InChI is InChI=1S/C16H24O2/c1-12(2)18-16-11-15(17)9-8-14(16)10-13-6-4-3-5-7-13/h8-9,11-13,17H,3-7,10H2,1-2H3. The fourth-order valence-electron chi connectivity index (χ4n) is 2.78. The first-order valence-electron chi connectivity index (χ1n) is 7.13. The van der Waals surface area contributed by atoms with Crippen LogP contribution in [0, 0.1) is 5.92 Å². The normalized spacial score (nSPS) is 17.1. The third kappa shape index (κ3) is 3.66. The van der Waals surface area contributed by atoms with Crippen molar-refractivity contribution in [3.05, 3.63) is 23.8 Å². The molecule has 2 rings (SSSR count). The lowest BCUT2D eigenvalue weighted by molar-refractivity contribution is 0.236. The van der Waals surface area contributed by atoms with E-state index < -0.39 is 0 Å². The molecule has 0 unspecified atom stereocenters. The molecule has 1 aliphatic rings. The molecule has 0 radical (unpaired) electrons. The van der Waals surface area contributed by atoms with Gasteiger partial charge in [-0.15, -0.1) is 0 Å². The molecule has 100 valence electrons. The SMILES string of the molecule is CC(C)Oc1cc(O)ccc1CC1CCCCC1. The summed E-state index contributed by atoms with van der Waals surface area (Å²) in [6, 6.07) is 5.53. The number of benzene rings is 1. The van der Waals surface area contributed by atoms with Gasteiger partial charge in [0, 0.05) is 6.07 Å². The van der Waals surface area contributed by atoms with Crippen LogP contribution >= 0.6 is 0 Å². The van der Waals surface area contributed by atoms with E-state index in [-0.39, 0.29) is 11.9 Å². The number of phenols is 1. The van der Waals surface area contributed by atoms with Gasteiger partial charge in [0.25, 0.3) is 0 Å². The minimum atomic E-state index is 0.150. The minimum absolute atomic E-state index is 0.150. The summed E-state index contributed by atoms with van der Waals surface area (Å²) >= 11 is 0. The minimum Gasteiger partial charge on any atom is -0.508 e. The van der Waals surface area contributed by atoms with Crippen molar-refractivity contribution in [2.45, 2.75) is 58.5 Å². The van der Waals surface area contributed by atoms with Crippen LogP contribution in [0.25, 0.3) is 0 Å². The van der Waals surface area contributed by atoms with Crippen LogP contribution in [0.15, 0.2) is 18.2 Å². The Balaban J connectivity index is 2.09. The summed E-state index contributed by atoms with van der Waals surface area (Å²) in [5.74, 6) is 1.94. The second-order valence-corrected chi connectivity index (χ2v) is 5.67. The summed E-state index contributed by atoms with van der Waals surface area (Å²) in [5, 5.41) is 9.58. The van der Waals surface area contributed by atoms with Gasteiger partial charge in [0.2, 0.25) is 0 Å². The first kappa shape index (κ1) is 13.3. The van der Waals surface area contributed by atoms with Crippen molar-refractivity contribution < 1.29 is 9.84 Å². The summed E-state index contributed by atoms with van der Waals surface area (Å²) in [6.07, 6.45) is 8.02. The maximum Gasteiger partial charge on any atom is 0.126 e. The summed E-state index contributed by atoms with van der Waals surface area (Å²) < 4.78 is 5.81. The molecule has 1 saturated carbocycles. The Hall–Kier alpha value is -1.18. The van der Waals surface area contributed by atoms with Gasteiger partial charge in [0.15, 0.2) is 0 Å². The van der Waals surface area contributed by atoms with Crippen LogP contribution in [0.2, 0.25) is 0 Å². The smallest absolute Gasteiger partial charge is 0.126 e. The van der Waals surface area contributed by atoms with E-state index in [0.29, 0.717) is 0 Å². The van der Waals surface area contributed by atoms with E-state index >= 15 is 0 Å². The van der Waals surface area contributed by atoms with Gasteiger partial charge < -0.3 is 9.84 Å². The second kappa shape index (κ2) is 6.12. The Bertz CT molecular complexity index is 379. The fourth-order valence-corrected chi connectivity index (χ4v) is 2.78. The Morgan fingerprint density at radius 1 is 1.22 bits per heavy atom. The number of ether oxygens (including phenoxy) is 1. The van der Waals surface area contributed by atoms with Crippen molar-refractivity contribution in [3.8, 4) is 11.5 Å². The molecule has 0 saturated heterocycles. The molecular weight excluding hydrogens is 224 g/mol. The predicted molar refractivity (Wildman–Crippen MR) is 74.1 cm³/mol. The van der Waals surface area contributed by atoms with E-state index in [1.165, 1.54) is 37.7 Å². The van der Waals surface area contributed by atoms with Crippen molar-refractivity contribution in [3.63, 3.8) is 0 Å². The maximum atomic E-state index is 9.58. The lowest BCUT2D eigenvalue weighted by Gasteiger charge is -2.23. The highest BCUT2D eigenvalue weighted by molar-refractivity contribution is 5.40. The molecule has 0 atom stereocenters. The fraction of sp³-hybridized carbons (Fsp3) is 0.625. The Labute approximate surface area is 110 Å². The highest BCUT2D eigenvalue weighted by atomic mass is 16.5. The van der Waals surface area contributed by atoms with Gasteiger partial charge in [-0.2, -0.15) is 0 Å². The molecule has 18 heavy (non-hydrogen) atoms. The predicted octanol–water partition coefficient (Wildman–Crippen LogP) is 4.30. The van der Waals surface area contributed by atoms with Gasteiger partial charge in [-0.1, -0.05) is 38.2 Å². The lowest BCUT2D eigenvalue weighted by Crippen LogP contribution is -2.12. The maximum absolute atomic E-state index is 9.58. The van der Waals surface area contributed by atoms with Crippen LogP contribution in [0.5, 0.6) is 11.5 Å². The molecule has 2 nitrogen and oxygen atoms in total. The first-order valence-corrected chi connectivity index (χ1v) is 7.13. The van der Waals surface area contributed by atoms with Gasteiger partial charge >= 0.3 is 0 Å². The van der Waals surface area contributed by atoms with Crippen LogP contribution in [-0.2, 0) is 6.42 Å². The zero-order chi connectivity index (χ0) is 13.0. The molecule has 1 fully saturated rings. The third-order valence-corrected chi connectivity index (χ3v) is 3.65. The molecule has 1 aromatic rings. The van der Waals surface area contributed by atoms with Gasteiger partial charge in [0.05, 0.1) is 6.10 Å². The van der Waals surface area contributed by atoms with E-state index in [2.05, 4.69) is 0 Å². The average molecular weight is 248 g/mol. The highest BCUT2D eigenvalue weighted by Crippen LogP contribution is 2.32. The first-order chi connectivity index (χ1) is 8.65. The summed E-state index contributed by atoms with van der Waals surface area (Å²) in [5.41, 5.74) is 1.24. The quantitative estimate of drug-likeness (QED) is 0.860. The summed E-state index contributed by atoms with van der Waals surface area (Å²) in [6.45, 7) is 4.04. The molecule has 2 heteroatoms. The summed E-state index contributed by atoms with van der Waals surface area (Å²) in [7, 11) is 0. The number of rotatable bonds is 4. The Morgan fingerprint density at radius 3 is 2.61 bits per heavy atom. The third-order valence-electron chi connectivity index (χ3n) is 3.65. The van der Waals surface area contributed by atoms with Crippen LogP contribution in [-0.4, -0.2) is 11.2 Å². The van der Waals surface area contributed by atoms with E-state index in [0.717, 1.165) is 18.1 Å². The molecule has 0 heterocycles. The van der Waals surface area contributed by atoms with Crippen LogP contribution < -0.4 is 4.74 Å². The number of aromatic hydroxyl groups is 1. The Morgan fingerprint density at radius 2 is 1.94 bits per heavy atom. The lowest BCUT2D eigenvalue weighted by atomic mass is 9.84. The monoisotopic (exact) mass is 248 g/mol. The van der Waals surface area contributed by atoms with Gasteiger partial charge in [-0.3, -0.25) is 0 Å². The van der Waals surface area contributed by atoms with Crippen LogP contribution in [0.1, 0.15) is 51.5 Å². The van der Waals surface area contributed by atoms with Crippen molar-refractivity contribution in [2.75, 3.05) is 0 Å². The molecule has 0 aromatic heterocycles. The van der Waals surface area contributed by atoms with E-state index in [1.54, 1.807) is 12.1 Å². The molecule has 1 N–H and O–H groups in total. The van der Waals surface area contributed by atoms with E-state index in [4.69, 9.17) is 4.74 Å². The summed E-state index contributed by atoms with van der Waals surface area (Å²) in [4.78, 5) is 0. The largest absolute Gasteiger partial charge is 0.508 e. The zero-order valence-corrected chi connectivity index (χ0v) is 11.5. The zero-order valence-electron chi connectivity index (χ0n) is 11.5. The van der Waals surface area contributed by atoms with E-state index in [9.17, 15) is 5.11 Å². The van der Waals surface area contributed by atoms with Crippen molar-refractivity contribution >= 4 is 0 Å². The van der Waals surface area contributed by atoms with Crippen molar-refractivity contribution in [2.24, 2.45) is 5.92 Å². The van der Waals surface area contributed by atoms with Crippen molar-refractivity contribution in [1.29, 1.82) is 0 Å². The average Bonchev–Trinajstić information content (AvgIpc) is 2.33. The molecule has 0 amide bonds. The Kier molecular flexibility index (Phi) is 4.51. The topological polar surface area (TPSA) is 29.5 Å².